The lowest BCUT2D eigenvalue weighted by Gasteiger charge is -2.24. The van der Waals surface area contributed by atoms with Gasteiger partial charge in [-0.2, -0.15) is 0 Å². The molecule has 0 radical (unpaired) electrons. The lowest BCUT2D eigenvalue weighted by Crippen LogP contribution is -2.35. The summed E-state index contributed by atoms with van der Waals surface area (Å²) in [5.74, 6) is -1.01. The Morgan fingerprint density at radius 2 is 2.05 bits per heavy atom. The summed E-state index contributed by atoms with van der Waals surface area (Å²) < 4.78 is 0. The molecule has 0 heterocycles. The van der Waals surface area contributed by atoms with Crippen LogP contribution >= 0.6 is 11.6 Å². The van der Waals surface area contributed by atoms with Gasteiger partial charge in [0.2, 0.25) is 0 Å². The Morgan fingerprint density at radius 1 is 1.42 bits per heavy atom. The molecule has 0 saturated carbocycles. The van der Waals surface area contributed by atoms with Gasteiger partial charge < -0.3 is 15.3 Å². The lowest BCUT2D eigenvalue weighted by atomic mass is 10.1. The lowest BCUT2D eigenvalue weighted by molar-refractivity contribution is 0.0698. The van der Waals surface area contributed by atoms with Crippen LogP contribution in [0, 0.1) is 0 Å². The predicted octanol–water partition coefficient (Wildman–Crippen LogP) is 3.18. The van der Waals surface area contributed by atoms with E-state index in [9.17, 15) is 9.90 Å². The monoisotopic (exact) mass is 284 g/mol. The molecule has 4 nitrogen and oxygen atoms in total. The first kappa shape index (κ1) is 15.8. The highest BCUT2D eigenvalue weighted by molar-refractivity contribution is 6.34. The fourth-order valence-electron chi connectivity index (χ4n) is 2.04. The summed E-state index contributed by atoms with van der Waals surface area (Å²) in [5.41, 5.74) is 0.704. The van der Waals surface area contributed by atoms with Crippen LogP contribution in [0.25, 0.3) is 0 Å². The molecule has 2 N–H and O–H groups in total. The summed E-state index contributed by atoms with van der Waals surface area (Å²) in [6, 6.07) is 5.23. The highest BCUT2D eigenvalue weighted by atomic mass is 35.5. The third-order valence-electron chi connectivity index (χ3n) is 3.06. The Kier molecular flexibility index (Phi) is 6.12. The first-order valence-electron chi connectivity index (χ1n) is 6.50. The van der Waals surface area contributed by atoms with Gasteiger partial charge in [-0.3, -0.25) is 0 Å². The zero-order chi connectivity index (χ0) is 14.4. The minimum absolute atomic E-state index is 0.135. The molecule has 1 rings (SSSR count). The number of halogens is 1. The Balaban J connectivity index is 2.82. The molecule has 0 spiro atoms. The quantitative estimate of drug-likeness (QED) is 0.807. The smallest absolute Gasteiger partial charge is 0.339 e. The molecule has 1 atom stereocenters. The van der Waals surface area contributed by atoms with Crippen molar-refractivity contribution in [2.45, 2.75) is 26.8 Å². The van der Waals surface area contributed by atoms with Gasteiger partial charge in [-0.15, -0.1) is 0 Å². The summed E-state index contributed by atoms with van der Waals surface area (Å²) in [5, 5.41) is 12.7. The SMILES string of the molecule is CCN(CC)CC(C)Nc1cccc(Cl)c1C(=O)O. The number of aromatic carboxylic acids is 1. The fraction of sp³-hybridized carbons (Fsp3) is 0.500. The van der Waals surface area contributed by atoms with Gasteiger partial charge in [0.05, 0.1) is 10.7 Å². The van der Waals surface area contributed by atoms with Gasteiger partial charge in [0.1, 0.15) is 5.56 Å². The summed E-state index contributed by atoms with van der Waals surface area (Å²) >= 11 is 5.94. The summed E-state index contributed by atoms with van der Waals surface area (Å²) in [4.78, 5) is 13.5. The van der Waals surface area contributed by atoms with E-state index >= 15 is 0 Å². The van der Waals surface area contributed by atoms with Crippen LogP contribution < -0.4 is 5.32 Å². The number of carbonyl (C=O) groups is 1. The molecule has 0 aromatic heterocycles. The molecule has 5 heteroatoms. The minimum atomic E-state index is -1.01. The molecule has 0 aliphatic carbocycles. The Hall–Kier alpha value is -1.26. The second-order valence-electron chi connectivity index (χ2n) is 4.50. The second-order valence-corrected chi connectivity index (χ2v) is 4.91. The van der Waals surface area contributed by atoms with E-state index in [2.05, 4.69) is 24.1 Å². The van der Waals surface area contributed by atoms with Crippen LogP contribution in [-0.4, -0.2) is 41.7 Å². The average Bonchev–Trinajstić information content (AvgIpc) is 2.35. The summed E-state index contributed by atoms with van der Waals surface area (Å²) in [7, 11) is 0. The number of benzene rings is 1. The third kappa shape index (κ3) is 4.40. The highest BCUT2D eigenvalue weighted by Gasteiger charge is 2.16. The van der Waals surface area contributed by atoms with Crippen molar-refractivity contribution in [2.24, 2.45) is 0 Å². The number of rotatable bonds is 7. The zero-order valence-corrected chi connectivity index (χ0v) is 12.4. The summed E-state index contributed by atoms with van der Waals surface area (Å²) in [6.45, 7) is 9.06. The Labute approximate surface area is 119 Å². The van der Waals surface area contributed by atoms with Gasteiger partial charge in [-0.25, -0.2) is 4.79 Å². The van der Waals surface area contributed by atoms with Crippen molar-refractivity contribution in [1.29, 1.82) is 0 Å². The van der Waals surface area contributed by atoms with Crippen molar-refractivity contribution in [3.8, 4) is 0 Å². The molecule has 1 unspecified atom stereocenters. The molecule has 0 bridgehead atoms. The van der Waals surface area contributed by atoms with E-state index < -0.39 is 5.97 Å². The zero-order valence-electron chi connectivity index (χ0n) is 11.6. The van der Waals surface area contributed by atoms with Crippen molar-refractivity contribution in [3.63, 3.8) is 0 Å². The number of hydrogen-bond donors (Lipinski definition) is 2. The van der Waals surface area contributed by atoms with E-state index in [1.807, 2.05) is 6.92 Å². The maximum absolute atomic E-state index is 11.2. The van der Waals surface area contributed by atoms with Crippen LogP contribution in [0.4, 0.5) is 5.69 Å². The van der Waals surface area contributed by atoms with Crippen molar-refractivity contribution in [3.05, 3.63) is 28.8 Å². The van der Waals surface area contributed by atoms with E-state index in [-0.39, 0.29) is 16.6 Å². The van der Waals surface area contributed by atoms with Gasteiger partial charge in [-0.1, -0.05) is 31.5 Å². The fourth-order valence-corrected chi connectivity index (χ4v) is 2.30. The molecule has 0 fully saturated rings. The van der Waals surface area contributed by atoms with E-state index in [4.69, 9.17) is 11.6 Å². The van der Waals surface area contributed by atoms with Gasteiger partial charge >= 0.3 is 5.97 Å². The maximum atomic E-state index is 11.2. The number of nitrogens with zero attached hydrogens (tertiary/aromatic N) is 1. The van der Waals surface area contributed by atoms with Crippen molar-refractivity contribution >= 4 is 23.3 Å². The van der Waals surface area contributed by atoms with Crippen LogP contribution in [0.15, 0.2) is 18.2 Å². The molecule has 1 aromatic carbocycles. The molecule has 0 aliphatic rings. The van der Waals surface area contributed by atoms with Gasteiger partial charge in [0.15, 0.2) is 0 Å². The van der Waals surface area contributed by atoms with Crippen molar-refractivity contribution < 1.29 is 9.90 Å². The van der Waals surface area contributed by atoms with E-state index in [0.29, 0.717) is 5.69 Å². The average molecular weight is 285 g/mol. The predicted molar refractivity (Wildman–Crippen MR) is 79.3 cm³/mol. The Morgan fingerprint density at radius 3 is 2.58 bits per heavy atom. The van der Waals surface area contributed by atoms with E-state index in [0.717, 1.165) is 19.6 Å². The van der Waals surface area contributed by atoms with Crippen molar-refractivity contribution in [1.82, 2.24) is 4.90 Å². The molecule has 19 heavy (non-hydrogen) atoms. The van der Waals surface area contributed by atoms with E-state index in [1.54, 1.807) is 18.2 Å². The largest absolute Gasteiger partial charge is 0.478 e. The topological polar surface area (TPSA) is 52.6 Å². The number of nitrogens with one attached hydrogen (secondary N) is 1. The van der Waals surface area contributed by atoms with E-state index in [1.165, 1.54) is 0 Å². The first-order valence-corrected chi connectivity index (χ1v) is 6.88. The number of hydrogen-bond acceptors (Lipinski definition) is 3. The van der Waals surface area contributed by atoms with Crippen LogP contribution in [-0.2, 0) is 0 Å². The molecule has 0 amide bonds. The molecular weight excluding hydrogens is 264 g/mol. The van der Waals surface area contributed by atoms with Gasteiger partial charge in [-0.05, 0) is 32.1 Å². The standard InChI is InChI=1S/C14H21ClN2O2/c1-4-17(5-2)9-10(3)16-12-8-6-7-11(15)13(12)14(18)19/h6-8,10,16H,4-5,9H2,1-3H3,(H,18,19). The molecular formula is C14H21ClN2O2. The maximum Gasteiger partial charge on any atom is 0.339 e. The molecule has 0 aliphatic heterocycles. The van der Waals surface area contributed by atoms with Gasteiger partial charge in [0.25, 0.3) is 0 Å². The minimum Gasteiger partial charge on any atom is -0.478 e. The second kappa shape index (κ2) is 7.36. The highest BCUT2D eigenvalue weighted by Crippen LogP contribution is 2.24. The van der Waals surface area contributed by atoms with Crippen LogP contribution in [0.1, 0.15) is 31.1 Å². The summed E-state index contributed by atoms with van der Waals surface area (Å²) in [6.07, 6.45) is 0. The number of carboxylic acid groups (broad SMARTS) is 1. The number of anilines is 1. The third-order valence-corrected chi connectivity index (χ3v) is 3.37. The van der Waals surface area contributed by atoms with Crippen LogP contribution in [0.5, 0.6) is 0 Å². The normalized spacial score (nSPS) is 12.5. The van der Waals surface area contributed by atoms with Crippen LogP contribution in [0.3, 0.4) is 0 Å². The van der Waals surface area contributed by atoms with Gasteiger partial charge in [0, 0.05) is 12.6 Å². The number of likely N-dealkylation sites (N-methyl/N-ethyl adjacent to an activating group) is 1. The van der Waals surface area contributed by atoms with Crippen molar-refractivity contribution in [2.75, 3.05) is 25.0 Å². The van der Waals surface area contributed by atoms with Crippen LogP contribution in [0.2, 0.25) is 5.02 Å². The molecule has 106 valence electrons. The first-order chi connectivity index (χ1) is 8.99. The molecule has 0 saturated heterocycles. The Bertz CT molecular complexity index is 433. The molecule has 1 aromatic rings. The number of carboxylic acids is 1.